The fraction of sp³-hybridized carbons (Fsp3) is 0. The molecule has 0 saturated heterocycles. The summed E-state index contributed by atoms with van der Waals surface area (Å²) >= 11 is 0. The molecule has 0 N–H and O–H groups in total. The molecule has 0 aliphatic rings. The van der Waals surface area contributed by atoms with Crippen molar-refractivity contribution >= 4 is 21.9 Å². The maximum Gasteiger partial charge on any atom is 0.164 e. The molecule has 0 aliphatic heterocycles. The molecule has 0 saturated carbocycles. The lowest BCUT2D eigenvalue weighted by molar-refractivity contribution is 0.669. The van der Waals surface area contributed by atoms with Crippen LogP contribution in [0.2, 0.25) is 0 Å². The third kappa shape index (κ3) is 6.42. The number of furan rings is 1. The lowest BCUT2D eigenvalue weighted by Crippen LogP contribution is -2.00. The van der Waals surface area contributed by atoms with Crippen LogP contribution in [0.15, 0.2) is 199 Å². The summed E-state index contributed by atoms with van der Waals surface area (Å²) in [7, 11) is 0. The van der Waals surface area contributed by atoms with Crippen molar-refractivity contribution in [3.63, 3.8) is 0 Å². The van der Waals surface area contributed by atoms with Crippen molar-refractivity contribution in [1.29, 1.82) is 5.26 Å². The molecule has 266 valence electrons. The molecule has 8 aromatic carbocycles. The number of fused-ring (bicyclic) bond motifs is 3. The summed E-state index contributed by atoms with van der Waals surface area (Å²) in [5.74, 6) is 1.65. The molecular formula is C52H32N4O. The standard InChI is InChI=1S/C52H32N4O/c53-33-43-15-7-8-18-44(43)37-23-27-39(28-24-37)51-54-50(38-25-21-35(22-26-38)41-17-9-16-40(31-41)34-11-3-1-4-12-34)55-52(56-51)42-29-30-46-48(32-42)57-47-20-10-19-45(49(46)47)36-13-5-2-6-14-36/h1-32H. The number of nitrogens with zero attached hydrogens (tertiary/aromatic N) is 4. The van der Waals surface area contributed by atoms with Crippen LogP contribution in [0.4, 0.5) is 0 Å². The van der Waals surface area contributed by atoms with Gasteiger partial charge in [-0.2, -0.15) is 5.26 Å². The summed E-state index contributed by atoms with van der Waals surface area (Å²) in [6.45, 7) is 0. The minimum absolute atomic E-state index is 0.541. The summed E-state index contributed by atoms with van der Waals surface area (Å²) in [4.78, 5) is 15.2. The average Bonchev–Trinajstić information content (AvgIpc) is 3.68. The third-order valence-corrected chi connectivity index (χ3v) is 10.4. The molecule has 5 heteroatoms. The highest BCUT2D eigenvalue weighted by Crippen LogP contribution is 2.38. The van der Waals surface area contributed by atoms with Gasteiger partial charge >= 0.3 is 0 Å². The molecule has 0 aliphatic carbocycles. The topological polar surface area (TPSA) is 75.6 Å². The quantitative estimate of drug-likeness (QED) is 0.163. The first kappa shape index (κ1) is 33.6. The highest BCUT2D eigenvalue weighted by Gasteiger charge is 2.17. The van der Waals surface area contributed by atoms with Gasteiger partial charge in [-0.25, -0.2) is 15.0 Å². The van der Waals surface area contributed by atoms with E-state index in [2.05, 4.69) is 121 Å². The highest BCUT2D eigenvalue weighted by atomic mass is 16.3. The van der Waals surface area contributed by atoms with Gasteiger partial charge in [-0.3, -0.25) is 0 Å². The molecule has 10 rings (SSSR count). The number of benzene rings is 8. The van der Waals surface area contributed by atoms with Crippen molar-refractivity contribution < 1.29 is 4.42 Å². The zero-order valence-corrected chi connectivity index (χ0v) is 30.7. The van der Waals surface area contributed by atoms with Crippen LogP contribution in [-0.4, -0.2) is 15.0 Å². The van der Waals surface area contributed by atoms with Gasteiger partial charge in [0.1, 0.15) is 11.2 Å². The fourth-order valence-corrected chi connectivity index (χ4v) is 7.54. The summed E-state index contributed by atoms with van der Waals surface area (Å²) < 4.78 is 6.48. The van der Waals surface area contributed by atoms with Gasteiger partial charge in [0.2, 0.25) is 0 Å². The van der Waals surface area contributed by atoms with Crippen LogP contribution in [-0.2, 0) is 0 Å². The Kier molecular flexibility index (Phi) is 8.48. The molecule has 0 spiro atoms. The van der Waals surface area contributed by atoms with Crippen LogP contribution in [0.1, 0.15) is 5.56 Å². The minimum Gasteiger partial charge on any atom is -0.456 e. The molecule has 0 unspecified atom stereocenters. The van der Waals surface area contributed by atoms with Crippen LogP contribution < -0.4 is 0 Å². The van der Waals surface area contributed by atoms with Crippen molar-refractivity contribution in [1.82, 2.24) is 15.0 Å². The molecule has 57 heavy (non-hydrogen) atoms. The normalized spacial score (nSPS) is 11.1. The molecule has 0 radical (unpaired) electrons. The average molecular weight is 729 g/mol. The number of hydrogen-bond donors (Lipinski definition) is 0. The smallest absolute Gasteiger partial charge is 0.164 e. The maximum atomic E-state index is 9.72. The molecule has 0 atom stereocenters. The van der Waals surface area contributed by atoms with Crippen molar-refractivity contribution in [3.8, 4) is 84.7 Å². The number of nitriles is 1. The Balaban J connectivity index is 1.07. The van der Waals surface area contributed by atoms with Gasteiger partial charge < -0.3 is 4.42 Å². The Bertz CT molecular complexity index is 3110. The molecule has 0 fully saturated rings. The summed E-state index contributed by atoms with van der Waals surface area (Å²) in [5, 5.41) is 11.8. The fourth-order valence-electron chi connectivity index (χ4n) is 7.54. The van der Waals surface area contributed by atoms with E-state index in [0.29, 0.717) is 23.0 Å². The van der Waals surface area contributed by atoms with Crippen molar-refractivity contribution in [3.05, 3.63) is 200 Å². The lowest BCUT2D eigenvalue weighted by Gasteiger charge is -2.10. The van der Waals surface area contributed by atoms with E-state index in [1.807, 2.05) is 78.9 Å². The molecular weight excluding hydrogens is 697 g/mol. The lowest BCUT2D eigenvalue weighted by atomic mass is 9.98. The predicted molar refractivity (Wildman–Crippen MR) is 230 cm³/mol. The highest BCUT2D eigenvalue weighted by molar-refractivity contribution is 6.13. The first-order chi connectivity index (χ1) is 28.2. The van der Waals surface area contributed by atoms with Gasteiger partial charge in [0, 0.05) is 27.5 Å². The first-order valence-corrected chi connectivity index (χ1v) is 18.8. The predicted octanol–water partition coefficient (Wildman–Crippen LogP) is 13.3. The van der Waals surface area contributed by atoms with Crippen LogP contribution in [0.25, 0.3) is 101 Å². The van der Waals surface area contributed by atoms with Crippen LogP contribution in [0.5, 0.6) is 0 Å². The van der Waals surface area contributed by atoms with E-state index in [1.54, 1.807) is 0 Å². The van der Waals surface area contributed by atoms with E-state index in [1.165, 1.54) is 11.1 Å². The molecule has 2 aromatic heterocycles. The monoisotopic (exact) mass is 728 g/mol. The molecule has 10 aromatic rings. The van der Waals surface area contributed by atoms with E-state index < -0.39 is 0 Å². The van der Waals surface area contributed by atoms with Gasteiger partial charge in [0.05, 0.1) is 11.6 Å². The Morgan fingerprint density at radius 3 is 1.49 bits per heavy atom. The Morgan fingerprint density at radius 1 is 0.351 bits per heavy atom. The van der Waals surface area contributed by atoms with E-state index in [4.69, 9.17) is 19.4 Å². The summed E-state index contributed by atoms with van der Waals surface area (Å²) in [6.07, 6.45) is 0. The minimum atomic E-state index is 0.541. The number of hydrogen-bond acceptors (Lipinski definition) is 5. The van der Waals surface area contributed by atoms with E-state index in [0.717, 1.165) is 72.0 Å². The van der Waals surface area contributed by atoms with Gasteiger partial charge in [-0.15, -0.1) is 0 Å². The first-order valence-electron chi connectivity index (χ1n) is 18.8. The van der Waals surface area contributed by atoms with Crippen LogP contribution in [0, 0.1) is 11.3 Å². The van der Waals surface area contributed by atoms with Crippen LogP contribution >= 0.6 is 0 Å². The van der Waals surface area contributed by atoms with Gasteiger partial charge in [-0.05, 0) is 74.8 Å². The zero-order chi connectivity index (χ0) is 38.1. The Morgan fingerprint density at radius 2 is 0.825 bits per heavy atom. The van der Waals surface area contributed by atoms with Crippen molar-refractivity contribution in [2.24, 2.45) is 0 Å². The summed E-state index contributed by atoms with van der Waals surface area (Å²) in [6, 6.07) is 68.1. The van der Waals surface area contributed by atoms with Crippen molar-refractivity contribution in [2.45, 2.75) is 0 Å². The van der Waals surface area contributed by atoms with E-state index in [-0.39, 0.29) is 0 Å². The second kappa shape index (κ2) is 14.4. The maximum absolute atomic E-state index is 9.72. The Labute approximate surface area is 329 Å². The molecule has 2 heterocycles. The molecule has 0 bridgehead atoms. The largest absolute Gasteiger partial charge is 0.456 e. The zero-order valence-electron chi connectivity index (χ0n) is 30.7. The Hall–Kier alpha value is -7.94. The van der Waals surface area contributed by atoms with Gasteiger partial charge in [-0.1, -0.05) is 164 Å². The van der Waals surface area contributed by atoms with E-state index in [9.17, 15) is 5.26 Å². The van der Waals surface area contributed by atoms with Crippen molar-refractivity contribution in [2.75, 3.05) is 0 Å². The third-order valence-electron chi connectivity index (χ3n) is 10.4. The molecule has 0 amide bonds. The number of aromatic nitrogens is 3. The summed E-state index contributed by atoms with van der Waals surface area (Å²) in [5.41, 5.74) is 13.4. The molecule has 5 nitrogen and oxygen atoms in total. The SMILES string of the molecule is N#Cc1ccccc1-c1ccc(-c2nc(-c3ccc(-c4cccc(-c5ccccc5)c4)cc3)nc(-c3ccc4c(c3)oc3cccc(-c5ccccc5)c34)n2)cc1. The second-order valence-electron chi connectivity index (χ2n) is 13.9. The van der Waals surface area contributed by atoms with Gasteiger partial charge in [0.15, 0.2) is 17.5 Å². The van der Waals surface area contributed by atoms with E-state index >= 15 is 0 Å². The van der Waals surface area contributed by atoms with Crippen LogP contribution in [0.3, 0.4) is 0 Å². The number of rotatable bonds is 7. The second-order valence-corrected chi connectivity index (χ2v) is 13.9. The van der Waals surface area contributed by atoms with Gasteiger partial charge in [0.25, 0.3) is 0 Å².